The minimum absolute atomic E-state index is 0.130. The average molecular weight is 576 g/mol. The molecule has 3 heterocycles. The number of nitrogens with zero attached hydrogens (tertiary/aromatic N) is 3. The van der Waals surface area contributed by atoms with E-state index in [0.717, 1.165) is 32.4 Å². The summed E-state index contributed by atoms with van der Waals surface area (Å²) in [4.78, 5) is 32.0. The molecule has 2 atom stereocenters. The summed E-state index contributed by atoms with van der Waals surface area (Å²) in [5.41, 5.74) is 5.07. The Morgan fingerprint density at radius 3 is 2.50 bits per heavy atom. The summed E-state index contributed by atoms with van der Waals surface area (Å²) in [5, 5.41) is 4.85. The number of carbonyl (C=O) groups is 1. The summed E-state index contributed by atoms with van der Waals surface area (Å²) in [7, 11) is 0. The lowest BCUT2D eigenvalue weighted by molar-refractivity contribution is -0.130. The van der Waals surface area contributed by atoms with Crippen molar-refractivity contribution in [2.45, 2.75) is 25.7 Å². The number of nitrogens with one attached hydrogen (secondary N) is 2. The van der Waals surface area contributed by atoms with Crippen LogP contribution in [0.5, 0.6) is 0 Å². The van der Waals surface area contributed by atoms with Gasteiger partial charge in [0.15, 0.2) is 6.23 Å². The molecule has 3 aromatic carbocycles. The predicted molar refractivity (Wildman–Crippen MR) is 144 cm³/mol. The third-order valence-electron chi connectivity index (χ3n) is 6.69. The van der Waals surface area contributed by atoms with Crippen LogP contribution in [-0.4, -0.2) is 43.2 Å². The lowest BCUT2D eigenvalue weighted by atomic mass is 10.1. The SMILES string of the molecule is C[C@H]1O[C@H](c2nn(-c3ccc(Br)cc3)cc2-c2ccc(F)cc2)N(CCc2ccc3[nH]c(=O)[nH]c3c2)C1=O. The first kappa shape index (κ1) is 24.3. The normalized spacial score (nSPS) is 17.6. The van der Waals surface area contributed by atoms with E-state index in [0.29, 0.717) is 24.2 Å². The number of hydrogen-bond donors (Lipinski definition) is 2. The first-order valence-corrected chi connectivity index (χ1v) is 12.9. The number of H-pyrrole nitrogens is 2. The maximum Gasteiger partial charge on any atom is 0.323 e. The Hall–Kier alpha value is -4.02. The summed E-state index contributed by atoms with van der Waals surface area (Å²) >= 11 is 3.46. The fourth-order valence-corrected chi connectivity index (χ4v) is 5.01. The van der Waals surface area contributed by atoms with Gasteiger partial charge in [-0.2, -0.15) is 5.10 Å². The second-order valence-corrected chi connectivity index (χ2v) is 10.1. The molecule has 0 aliphatic carbocycles. The van der Waals surface area contributed by atoms with E-state index in [-0.39, 0.29) is 17.4 Å². The molecule has 1 aliphatic rings. The van der Waals surface area contributed by atoms with E-state index < -0.39 is 12.3 Å². The lowest BCUT2D eigenvalue weighted by Gasteiger charge is -2.23. The predicted octanol–water partition coefficient (Wildman–Crippen LogP) is 5.10. The zero-order chi connectivity index (χ0) is 26.4. The van der Waals surface area contributed by atoms with Crippen molar-refractivity contribution < 1.29 is 13.9 Å². The van der Waals surface area contributed by atoms with Gasteiger partial charge in [-0.1, -0.05) is 34.1 Å². The van der Waals surface area contributed by atoms with Crippen LogP contribution in [0.25, 0.3) is 27.8 Å². The first-order chi connectivity index (χ1) is 18.4. The van der Waals surface area contributed by atoms with Crippen LogP contribution in [-0.2, 0) is 16.0 Å². The molecule has 38 heavy (non-hydrogen) atoms. The molecular weight excluding hydrogens is 553 g/mol. The van der Waals surface area contributed by atoms with Crippen molar-refractivity contribution in [3.05, 3.63) is 105 Å². The Kier molecular flexibility index (Phi) is 6.21. The number of ether oxygens (including phenoxy) is 1. The zero-order valence-electron chi connectivity index (χ0n) is 20.3. The molecule has 2 aromatic heterocycles. The van der Waals surface area contributed by atoms with Crippen molar-refractivity contribution in [1.82, 2.24) is 24.6 Å². The van der Waals surface area contributed by atoms with Gasteiger partial charge in [-0.15, -0.1) is 0 Å². The number of aromatic amines is 2. The smallest absolute Gasteiger partial charge is 0.323 e. The second kappa shape index (κ2) is 9.70. The van der Waals surface area contributed by atoms with Gasteiger partial charge in [-0.3, -0.25) is 4.79 Å². The van der Waals surface area contributed by atoms with Gasteiger partial charge in [0.25, 0.3) is 5.91 Å². The van der Waals surface area contributed by atoms with Crippen molar-refractivity contribution in [1.29, 1.82) is 0 Å². The van der Waals surface area contributed by atoms with Crippen LogP contribution >= 0.6 is 15.9 Å². The molecule has 2 N–H and O–H groups in total. The summed E-state index contributed by atoms with van der Waals surface area (Å²) in [6.45, 7) is 2.12. The van der Waals surface area contributed by atoms with Crippen LogP contribution in [0, 0.1) is 5.82 Å². The van der Waals surface area contributed by atoms with Gasteiger partial charge >= 0.3 is 5.69 Å². The van der Waals surface area contributed by atoms with E-state index in [1.54, 1.807) is 28.6 Å². The highest BCUT2D eigenvalue weighted by atomic mass is 79.9. The summed E-state index contributed by atoms with van der Waals surface area (Å²) in [6.07, 6.45) is 1.07. The highest BCUT2D eigenvalue weighted by molar-refractivity contribution is 9.10. The maximum absolute atomic E-state index is 13.7. The van der Waals surface area contributed by atoms with Gasteiger partial charge in [0, 0.05) is 22.8 Å². The van der Waals surface area contributed by atoms with E-state index in [1.165, 1.54) is 12.1 Å². The first-order valence-electron chi connectivity index (χ1n) is 12.1. The van der Waals surface area contributed by atoms with Crippen molar-refractivity contribution in [2.75, 3.05) is 6.54 Å². The van der Waals surface area contributed by atoms with Gasteiger partial charge in [-0.05, 0) is 73.0 Å². The van der Waals surface area contributed by atoms with Crippen LogP contribution in [0.1, 0.15) is 24.4 Å². The summed E-state index contributed by atoms with van der Waals surface area (Å²) in [5.74, 6) is -0.465. The Morgan fingerprint density at radius 1 is 1.00 bits per heavy atom. The summed E-state index contributed by atoms with van der Waals surface area (Å²) in [6, 6.07) is 19.6. The molecule has 0 unspecified atom stereocenters. The molecule has 1 amide bonds. The number of fused-ring (bicyclic) bond motifs is 1. The minimum atomic E-state index is -0.718. The maximum atomic E-state index is 13.7. The van der Waals surface area contributed by atoms with Crippen LogP contribution in [0.3, 0.4) is 0 Å². The van der Waals surface area contributed by atoms with E-state index in [1.807, 2.05) is 48.7 Å². The number of hydrogen-bond acceptors (Lipinski definition) is 4. The molecule has 0 saturated carbocycles. The van der Waals surface area contributed by atoms with Crippen LogP contribution in [0.15, 0.2) is 82.2 Å². The van der Waals surface area contributed by atoms with Crippen molar-refractivity contribution in [3.63, 3.8) is 0 Å². The summed E-state index contributed by atoms with van der Waals surface area (Å²) < 4.78 is 22.6. The van der Waals surface area contributed by atoms with Crippen molar-refractivity contribution in [3.8, 4) is 16.8 Å². The third-order valence-corrected chi connectivity index (χ3v) is 7.22. The molecule has 0 spiro atoms. The number of aromatic nitrogens is 4. The Balaban J connectivity index is 1.36. The number of halogens is 2. The molecule has 192 valence electrons. The molecule has 1 aliphatic heterocycles. The Morgan fingerprint density at radius 2 is 1.74 bits per heavy atom. The Bertz CT molecular complexity index is 1690. The molecule has 0 radical (unpaired) electrons. The largest absolute Gasteiger partial charge is 0.339 e. The number of amides is 1. The standard InChI is InChI=1S/C28H23BrFN5O3/c1-16-26(36)34(13-12-17-2-11-23-24(14-17)32-28(37)31-23)27(38-16)25-22(18-3-7-20(30)8-4-18)15-35(33-25)21-9-5-19(29)6-10-21/h2-11,14-16,27H,12-13H2,1H3,(H2,31,32,37)/t16-,27-/m1/s1. The van der Waals surface area contributed by atoms with Crippen LogP contribution < -0.4 is 5.69 Å². The van der Waals surface area contributed by atoms with Gasteiger partial charge in [0.2, 0.25) is 0 Å². The number of imidazole rings is 1. The number of carbonyl (C=O) groups excluding carboxylic acids is 1. The lowest BCUT2D eigenvalue weighted by Crippen LogP contribution is -2.32. The van der Waals surface area contributed by atoms with E-state index in [2.05, 4.69) is 25.9 Å². The molecule has 0 bridgehead atoms. The fraction of sp³-hybridized carbons (Fsp3) is 0.179. The number of benzene rings is 3. The average Bonchev–Trinajstić information content (AvgIpc) is 3.58. The fourth-order valence-electron chi connectivity index (χ4n) is 4.75. The second-order valence-electron chi connectivity index (χ2n) is 9.23. The van der Waals surface area contributed by atoms with Gasteiger partial charge < -0.3 is 19.6 Å². The van der Waals surface area contributed by atoms with Crippen LogP contribution in [0.4, 0.5) is 4.39 Å². The van der Waals surface area contributed by atoms with Crippen LogP contribution in [0.2, 0.25) is 0 Å². The van der Waals surface area contributed by atoms with E-state index in [4.69, 9.17) is 9.84 Å². The molecule has 5 aromatic rings. The van der Waals surface area contributed by atoms with Gasteiger partial charge in [0.05, 0.1) is 16.7 Å². The Labute approximate surface area is 225 Å². The van der Waals surface area contributed by atoms with Crippen molar-refractivity contribution >= 4 is 32.9 Å². The minimum Gasteiger partial charge on any atom is -0.339 e. The molecule has 10 heteroatoms. The topological polar surface area (TPSA) is 96.0 Å². The molecular formula is C28H23BrFN5O3. The third kappa shape index (κ3) is 4.57. The monoisotopic (exact) mass is 575 g/mol. The quantitative estimate of drug-likeness (QED) is 0.294. The van der Waals surface area contributed by atoms with E-state index >= 15 is 0 Å². The molecule has 1 fully saturated rings. The van der Waals surface area contributed by atoms with Gasteiger partial charge in [0.1, 0.15) is 17.6 Å². The highest BCUT2D eigenvalue weighted by Crippen LogP contribution is 2.37. The molecule has 1 saturated heterocycles. The van der Waals surface area contributed by atoms with Gasteiger partial charge in [-0.25, -0.2) is 13.9 Å². The molecule has 8 nitrogen and oxygen atoms in total. The molecule has 6 rings (SSSR count). The highest BCUT2D eigenvalue weighted by Gasteiger charge is 2.41. The van der Waals surface area contributed by atoms with E-state index in [9.17, 15) is 14.0 Å². The zero-order valence-corrected chi connectivity index (χ0v) is 21.9. The van der Waals surface area contributed by atoms with Crippen molar-refractivity contribution in [2.24, 2.45) is 0 Å². The number of rotatable bonds is 6.